The van der Waals surface area contributed by atoms with Gasteiger partial charge in [0.05, 0.1) is 45.6 Å². The molecule has 0 spiro atoms. The van der Waals surface area contributed by atoms with Crippen molar-refractivity contribution in [2.45, 2.75) is 71.4 Å². The zero-order valence-corrected chi connectivity index (χ0v) is 34.0. The van der Waals surface area contributed by atoms with E-state index < -0.39 is 10.1 Å². The summed E-state index contributed by atoms with van der Waals surface area (Å²) in [5, 5.41) is 12.3. The zero-order chi connectivity index (χ0) is 39.6. The van der Waals surface area contributed by atoms with Crippen molar-refractivity contribution in [2.75, 3.05) is 30.8 Å². The molecule has 2 atom stereocenters. The van der Waals surface area contributed by atoms with Gasteiger partial charge in [-0.2, -0.15) is 13.5 Å². The van der Waals surface area contributed by atoms with E-state index in [0.717, 1.165) is 87.8 Å². The van der Waals surface area contributed by atoms with Gasteiger partial charge in [-0.3, -0.25) is 29.3 Å². The number of para-hydroxylation sites is 1. The summed E-state index contributed by atoms with van der Waals surface area (Å²) in [5.74, 6) is -0.543. The summed E-state index contributed by atoms with van der Waals surface area (Å²) in [6.07, 6.45) is 12.2. The number of carbonyl (C=O) groups excluding carboxylic acids is 1. The average molecular weight is 806 g/mol. The quantitative estimate of drug-likeness (QED) is 0.0772. The summed E-state index contributed by atoms with van der Waals surface area (Å²) in [7, 11) is -3.99. The minimum absolute atomic E-state index is 0.0556. The number of ether oxygens (including phenoxy) is 1. The molecule has 4 bridgehead atoms. The van der Waals surface area contributed by atoms with Crippen molar-refractivity contribution >= 4 is 53.6 Å². The number of hydrogen-bond acceptors (Lipinski definition) is 10. The Morgan fingerprint density at radius 3 is 2.42 bits per heavy atom. The Morgan fingerprint density at radius 2 is 1.67 bits per heavy atom. The number of nitrogens with zero attached hydrogens (tertiary/aromatic N) is 5. The van der Waals surface area contributed by atoms with Crippen LogP contribution in [0.5, 0.6) is 0 Å². The molecule has 0 aliphatic heterocycles. The molecule has 10 rings (SSSR count). The van der Waals surface area contributed by atoms with Crippen molar-refractivity contribution in [3.63, 3.8) is 0 Å². The first-order chi connectivity index (χ1) is 27.2. The smallest absolute Gasteiger partial charge is 0.266 e. The van der Waals surface area contributed by atoms with Crippen molar-refractivity contribution in [2.24, 2.45) is 16.2 Å². The van der Waals surface area contributed by atoms with E-state index in [4.69, 9.17) is 24.4 Å². The van der Waals surface area contributed by atoms with Crippen LogP contribution in [0.15, 0.2) is 79.3 Å². The Bertz CT molecular complexity index is 2570. The molecule has 4 aromatic heterocycles. The second-order valence-electron chi connectivity index (χ2n) is 17.5. The van der Waals surface area contributed by atoms with Crippen LogP contribution < -0.4 is 10.6 Å². The van der Waals surface area contributed by atoms with E-state index in [0.29, 0.717) is 23.8 Å². The second kappa shape index (κ2) is 14.0. The Balaban J connectivity index is 0.909. The van der Waals surface area contributed by atoms with Gasteiger partial charge in [0.1, 0.15) is 0 Å². The molecule has 57 heavy (non-hydrogen) atoms. The van der Waals surface area contributed by atoms with E-state index in [1.807, 2.05) is 67.0 Å². The molecule has 1 amide bonds. The van der Waals surface area contributed by atoms with Crippen LogP contribution in [-0.2, 0) is 21.4 Å². The van der Waals surface area contributed by atoms with Gasteiger partial charge in [0.2, 0.25) is 0 Å². The minimum atomic E-state index is -3.99. The molecule has 4 saturated carbocycles. The van der Waals surface area contributed by atoms with Gasteiger partial charge in [-0.05, 0) is 98.1 Å². The van der Waals surface area contributed by atoms with Crippen molar-refractivity contribution in [1.29, 1.82) is 0 Å². The zero-order valence-electron chi connectivity index (χ0n) is 32.4. The van der Waals surface area contributed by atoms with Crippen LogP contribution in [0, 0.1) is 23.2 Å². The highest BCUT2D eigenvalue weighted by Crippen LogP contribution is 2.72. The van der Waals surface area contributed by atoms with Gasteiger partial charge < -0.3 is 10.1 Å². The maximum atomic E-state index is 13.5. The highest BCUT2D eigenvalue weighted by molar-refractivity contribution is 7.85. The number of amides is 1. The van der Waals surface area contributed by atoms with Crippen molar-refractivity contribution in [1.82, 2.24) is 30.0 Å². The van der Waals surface area contributed by atoms with Crippen LogP contribution in [0.25, 0.3) is 43.5 Å². The van der Waals surface area contributed by atoms with Crippen LogP contribution in [0.3, 0.4) is 0 Å². The predicted molar refractivity (Wildman–Crippen MR) is 223 cm³/mol. The van der Waals surface area contributed by atoms with E-state index >= 15 is 0 Å². The van der Waals surface area contributed by atoms with Crippen LogP contribution in [-0.4, -0.2) is 74.7 Å². The fourth-order valence-corrected chi connectivity index (χ4v) is 12.6. The second-order valence-corrected chi connectivity index (χ2v) is 20.1. The molecule has 6 aromatic rings. The van der Waals surface area contributed by atoms with Crippen LogP contribution >= 0.6 is 11.3 Å². The topological polar surface area (TPSA) is 161 Å². The van der Waals surface area contributed by atoms with Crippen LogP contribution in [0.1, 0.15) is 68.4 Å². The van der Waals surface area contributed by atoms with E-state index in [1.54, 1.807) is 6.20 Å². The van der Waals surface area contributed by atoms with Gasteiger partial charge in [-0.15, -0.1) is 0 Å². The summed E-state index contributed by atoms with van der Waals surface area (Å²) >= 11 is 1.45. The molecular weight excluding hydrogens is 759 g/mol. The normalized spacial score (nSPS) is 25.4. The van der Waals surface area contributed by atoms with Gasteiger partial charge in [0, 0.05) is 65.4 Å². The Kier molecular flexibility index (Phi) is 9.35. The number of nitrogens with one attached hydrogen (secondary N) is 2. The average Bonchev–Trinajstić information content (AvgIpc) is 3.72. The molecule has 2 aromatic carbocycles. The lowest BCUT2D eigenvalue weighted by Crippen LogP contribution is -2.64. The minimum Gasteiger partial charge on any atom is -0.374 e. The molecule has 4 aliphatic carbocycles. The predicted octanol–water partition coefficient (Wildman–Crippen LogP) is 7.94. The Labute approximate surface area is 336 Å². The lowest BCUT2D eigenvalue weighted by Gasteiger charge is -2.69. The lowest BCUT2D eigenvalue weighted by molar-refractivity contribution is -0.247. The molecule has 4 aliphatic rings. The van der Waals surface area contributed by atoms with E-state index in [2.05, 4.69) is 47.1 Å². The van der Waals surface area contributed by atoms with Gasteiger partial charge >= 0.3 is 0 Å². The van der Waals surface area contributed by atoms with Gasteiger partial charge in [-0.25, -0.2) is 4.98 Å². The molecule has 12 nitrogen and oxygen atoms in total. The number of pyridine rings is 2. The number of fused-ring (bicyclic) bond motifs is 2. The molecule has 0 saturated heterocycles. The van der Waals surface area contributed by atoms with Crippen LogP contribution in [0.2, 0.25) is 0 Å². The first-order valence-electron chi connectivity index (χ1n) is 19.5. The van der Waals surface area contributed by atoms with Gasteiger partial charge in [0.25, 0.3) is 16.0 Å². The third-order valence-electron chi connectivity index (χ3n) is 12.3. The summed E-state index contributed by atoms with van der Waals surface area (Å²) in [4.78, 5) is 27.6. The highest BCUT2D eigenvalue weighted by Gasteiger charge is 2.66. The van der Waals surface area contributed by atoms with Crippen LogP contribution in [0.4, 0.5) is 5.13 Å². The monoisotopic (exact) mass is 805 g/mol. The summed E-state index contributed by atoms with van der Waals surface area (Å²) in [5.41, 5.74) is 7.01. The lowest BCUT2D eigenvalue weighted by atomic mass is 9.39. The SMILES string of the molecule is Cc1c(-c2ccc(-c3cnc4cccc(C(=O)Nc5nc6ccccc6s5)c4c3)nc2)cnn1CC12CC3(C)CC(C)(C1)CC(OCCNCCS(=O)(=O)O)(C3)C2. The third-order valence-corrected chi connectivity index (χ3v) is 14.0. The van der Waals surface area contributed by atoms with E-state index in [-0.39, 0.29) is 40.1 Å². The molecule has 4 heterocycles. The fourth-order valence-electron chi connectivity index (χ4n) is 11.3. The Hall–Kier alpha value is -4.60. The van der Waals surface area contributed by atoms with E-state index in [9.17, 15) is 13.2 Å². The number of anilines is 1. The first kappa shape index (κ1) is 37.9. The summed E-state index contributed by atoms with van der Waals surface area (Å²) in [6.45, 7) is 9.05. The maximum Gasteiger partial charge on any atom is 0.266 e. The number of aromatic nitrogens is 5. The van der Waals surface area contributed by atoms with Crippen molar-refractivity contribution in [3.05, 3.63) is 90.5 Å². The molecule has 0 radical (unpaired) electrons. The molecule has 2 unspecified atom stereocenters. The number of hydrogen-bond donors (Lipinski definition) is 3. The van der Waals surface area contributed by atoms with Crippen molar-refractivity contribution < 1.29 is 22.5 Å². The molecule has 296 valence electrons. The molecule has 3 N–H and O–H groups in total. The summed E-state index contributed by atoms with van der Waals surface area (Å²) in [6, 6.07) is 19.4. The van der Waals surface area contributed by atoms with Gasteiger partial charge in [0.15, 0.2) is 5.13 Å². The molecule has 4 fully saturated rings. The number of rotatable bonds is 13. The third kappa shape index (κ3) is 7.61. The summed E-state index contributed by atoms with van der Waals surface area (Å²) < 4.78 is 41.2. The van der Waals surface area contributed by atoms with Gasteiger partial charge in [-0.1, -0.05) is 49.4 Å². The maximum absolute atomic E-state index is 13.5. The van der Waals surface area contributed by atoms with Crippen molar-refractivity contribution in [3.8, 4) is 22.4 Å². The molecule has 14 heteroatoms. The largest absolute Gasteiger partial charge is 0.374 e. The number of benzene rings is 2. The van der Waals surface area contributed by atoms with E-state index in [1.165, 1.54) is 17.8 Å². The molecular formula is C43H47N7O5S2. The first-order valence-corrected chi connectivity index (χ1v) is 22.0. The number of carbonyl (C=O) groups is 1. The number of thiazole rings is 1. The highest BCUT2D eigenvalue weighted by atomic mass is 32.2. The Morgan fingerprint density at radius 1 is 0.895 bits per heavy atom. The fraction of sp³-hybridized carbons (Fsp3) is 0.419. The standard InChI is InChI=1S/C43H47N7O5S2/c1-28-33(20-47-50(28)27-42-22-40(2)21-41(3,23-42)25-43(24-40,26-42)55-15-13-44-14-16-57(52,53)54)29-11-12-34(45-18-29)30-17-32-31(7-6-9-35(32)46-19-30)38(51)49-39-48-36-8-4-5-10-37(36)56-39/h4-12,17-20,44H,13-16,21-27H2,1-3H3,(H,48,49,51)(H,52,53,54).